The van der Waals surface area contributed by atoms with E-state index in [0.29, 0.717) is 11.8 Å². The van der Waals surface area contributed by atoms with E-state index in [1.165, 1.54) is 6.42 Å². The van der Waals surface area contributed by atoms with Gasteiger partial charge in [-0.15, -0.1) is 0 Å². The van der Waals surface area contributed by atoms with E-state index >= 15 is 0 Å². The maximum Gasteiger partial charge on any atom is 0.308 e. The molecule has 2 bridgehead atoms. The Morgan fingerprint density at radius 3 is 2.95 bits per heavy atom. The number of nitrogens with one attached hydrogen (secondary N) is 1. The number of morpholine rings is 1. The summed E-state index contributed by atoms with van der Waals surface area (Å²) in [5.41, 5.74) is 0. The predicted molar refractivity (Wildman–Crippen MR) is 75.6 cm³/mol. The number of aliphatic carboxylic acids is 1. The van der Waals surface area contributed by atoms with Crippen molar-refractivity contribution in [2.45, 2.75) is 38.3 Å². The lowest BCUT2D eigenvalue weighted by molar-refractivity contribution is -0.144. The lowest BCUT2D eigenvalue weighted by atomic mass is 9.84. The van der Waals surface area contributed by atoms with Crippen LogP contribution in [-0.4, -0.2) is 60.9 Å². The van der Waals surface area contributed by atoms with E-state index in [2.05, 4.69) is 17.1 Å². The Morgan fingerprint density at radius 1 is 1.40 bits per heavy atom. The second-order valence-corrected chi connectivity index (χ2v) is 6.52. The number of hydrogen-bond donors (Lipinski definition) is 2. The largest absolute Gasteiger partial charge is 0.481 e. The van der Waals surface area contributed by atoms with Crippen LogP contribution in [0.3, 0.4) is 0 Å². The zero-order chi connectivity index (χ0) is 14.1. The number of likely N-dealkylation sites (N-methyl/N-ethyl adjacent to an activating group) is 1. The molecule has 5 unspecified atom stereocenters. The van der Waals surface area contributed by atoms with Crippen molar-refractivity contribution in [3.05, 3.63) is 0 Å². The highest BCUT2D eigenvalue weighted by Gasteiger charge is 2.50. The Hall–Kier alpha value is -0.650. The summed E-state index contributed by atoms with van der Waals surface area (Å²) in [6.07, 6.45) is 3.60. The third-order valence-electron chi connectivity index (χ3n) is 5.45. The van der Waals surface area contributed by atoms with Crippen LogP contribution in [0.5, 0.6) is 0 Å². The number of rotatable bonds is 5. The molecule has 5 nitrogen and oxygen atoms in total. The SMILES string of the molecule is CCN1CCOC(CNC2C3CCC(C3)C2C(=O)O)C1. The van der Waals surface area contributed by atoms with E-state index < -0.39 is 5.97 Å². The summed E-state index contributed by atoms with van der Waals surface area (Å²) in [5, 5.41) is 13.0. The molecule has 0 radical (unpaired) electrons. The molecule has 0 amide bonds. The van der Waals surface area contributed by atoms with Crippen LogP contribution in [0.1, 0.15) is 26.2 Å². The number of carboxylic acids is 1. The Kier molecular flexibility index (Phi) is 4.29. The first kappa shape index (κ1) is 14.3. The van der Waals surface area contributed by atoms with Gasteiger partial charge in [0.25, 0.3) is 0 Å². The fourth-order valence-electron chi connectivity index (χ4n) is 4.40. The van der Waals surface area contributed by atoms with Crippen LogP contribution >= 0.6 is 0 Å². The molecule has 0 spiro atoms. The van der Waals surface area contributed by atoms with Crippen LogP contribution < -0.4 is 5.32 Å². The fraction of sp³-hybridized carbons (Fsp3) is 0.933. The van der Waals surface area contributed by atoms with Gasteiger partial charge in [0.1, 0.15) is 0 Å². The van der Waals surface area contributed by atoms with Crippen LogP contribution in [0.2, 0.25) is 0 Å². The van der Waals surface area contributed by atoms with Gasteiger partial charge in [-0.05, 0) is 37.6 Å². The normalized spacial score (nSPS) is 41.1. The third-order valence-corrected chi connectivity index (χ3v) is 5.45. The van der Waals surface area contributed by atoms with Gasteiger partial charge in [0.15, 0.2) is 0 Å². The number of carboxylic acid groups (broad SMARTS) is 1. The maximum absolute atomic E-state index is 11.5. The van der Waals surface area contributed by atoms with Crippen molar-refractivity contribution < 1.29 is 14.6 Å². The standard InChI is InChI=1S/C15H26N2O3/c1-2-17-5-6-20-12(9-17)8-16-14-11-4-3-10(7-11)13(14)15(18)19/h10-14,16H,2-9H2,1H3,(H,18,19). The number of hydrogen-bond acceptors (Lipinski definition) is 4. The Balaban J connectivity index is 1.53. The van der Waals surface area contributed by atoms with E-state index in [9.17, 15) is 9.90 Å². The van der Waals surface area contributed by atoms with Crippen LogP contribution in [-0.2, 0) is 9.53 Å². The minimum Gasteiger partial charge on any atom is -0.481 e. The first-order valence-electron chi connectivity index (χ1n) is 7.99. The highest BCUT2D eigenvalue weighted by Crippen LogP contribution is 2.48. The predicted octanol–water partition coefficient (Wildman–Crippen LogP) is 0.796. The molecule has 5 atom stereocenters. The molecule has 20 heavy (non-hydrogen) atoms. The molecule has 2 saturated carbocycles. The molecule has 1 heterocycles. The minimum atomic E-state index is -0.616. The van der Waals surface area contributed by atoms with Gasteiger partial charge in [-0.3, -0.25) is 9.69 Å². The van der Waals surface area contributed by atoms with Crippen molar-refractivity contribution in [3.8, 4) is 0 Å². The molecular weight excluding hydrogens is 256 g/mol. The molecule has 0 aromatic heterocycles. The van der Waals surface area contributed by atoms with Gasteiger partial charge in [-0.1, -0.05) is 6.92 Å². The second kappa shape index (κ2) is 6.00. The van der Waals surface area contributed by atoms with Crippen molar-refractivity contribution in [1.82, 2.24) is 10.2 Å². The fourth-order valence-corrected chi connectivity index (χ4v) is 4.40. The smallest absolute Gasteiger partial charge is 0.308 e. The molecular formula is C15H26N2O3. The maximum atomic E-state index is 11.5. The zero-order valence-electron chi connectivity index (χ0n) is 12.3. The molecule has 3 rings (SSSR count). The number of carbonyl (C=O) groups is 1. The summed E-state index contributed by atoms with van der Waals surface area (Å²) in [6.45, 7) is 6.78. The van der Waals surface area contributed by atoms with E-state index in [1.807, 2.05) is 0 Å². The summed E-state index contributed by atoms with van der Waals surface area (Å²) in [4.78, 5) is 13.9. The summed E-state index contributed by atoms with van der Waals surface area (Å²) in [7, 11) is 0. The Labute approximate surface area is 120 Å². The van der Waals surface area contributed by atoms with Crippen LogP contribution in [0, 0.1) is 17.8 Å². The molecule has 1 aliphatic heterocycles. The van der Waals surface area contributed by atoms with E-state index in [0.717, 1.165) is 45.6 Å². The Morgan fingerprint density at radius 2 is 2.20 bits per heavy atom. The average molecular weight is 282 g/mol. The quantitative estimate of drug-likeness (QED) is 0.781. The monoisotopic (exact) mass is 282 g/mol. The van der Waals surface area contributed by atoms with Gasteiger partial charge in [-0.2, -0.15) is 0 Å². The molecule has 3 aliphatic rings. The van der Waals surface area contributed by atoms with Gasteiger partial charge in [0.05, 0.1) is 18.6 Å². The van der Waals surface area contributed by atoms with Crippen LogP contribution in [0.15, 0.2) is 0 Å². The molecule has 3 fully saturated rings. The highest BCUT2D eigenvalue weighted by atomic mass is 16.5. The number of fused-ring (bicyclic) bond motifs is 2. The van der Waals surface area contributed by atoms with Crippen molar-refractivity contribution >= 4 is 5.97 Å². The molecule has 1 saturated heterocycles. The molecule has 5 heteroatoms. The molecule has 0 aromatic rings. The summed E-state index contributed by atoms with van der Waals surface area (Å²) in [5.74, 6) is 0.162. The van der Waals surface area contributed by atoms with Crippen molar-refractivity contribution in [2.75, 3.05) is 32.8 Å². The molecule has 2 aliphatic carbocycles. The number of nitrogens with zero attached hydrogens (tertiary/aromatic N) is 1. The summed E-state index contributed by atoms with van der Waals surface area (Å²) < 4.78 is 5.79. The van der Waals surface area contributed by atoms with Crippen LogP contribution in [0.25, 0.3) is 0 Å². The van der Waals surface area contributed by atoms with Crippen molar-refractivity contribution in [2.24, 2.45) is 17.8 Å². The van der Waals surface area contributed by atoms with E-state index in [-0.39, 0.29) is 18.1 Å². The second-order valence-electron chi connectivity index (χ2n) is 6.52. The summed E-state index contributed by atoms with van der Waals surface area (Å²) in [6, 6.07) is 0.159. The van der Waals surface area contributed by atoms with Gasteiger partial charge in [0.2, 0.25) is 0 Å². The summed E-state index contributed by atoms with van der Waals surface area (Å²) >= 11 is 0. The van der Waals surface area contributed by atoms with Gasteiger partial charge >= 0.3 is 5.97 Å². The first-order chi connectivity index (χ1) is 9.69. The van der Waals surface area contributed by atoms with E-state index in [1.54, 1.807) is 0 Å². The molecule has 114 valence electrons. The van der Waals surface area contributed by atoms with Gasteiger partial charge in [0, 0.05) is 25.7 Å². The van der Waals surface area contributed by atoms with Crippen LogP contribution in [0.4, 0.5) is 0 Å². The Bertz CT molecular complexity index is 363. The van der Waals surface area contributed by atoms with Gasteiger partial charge in [-0.25, -0.2) is 0 Å². The topological polar surface area (TPSA) is 61.8 Å². The van der Waals surface area contributed by atoms with E-state index in [4.69, 9.17) is 4.74 Å². The van der Waals surface area contributed by atoms with Crippen molar-refractivity contribution in [1.29, 1.82) is 0 Å². The zero-order valence-corrected chi connectivity index (χ0v) is 12.3. The minimum absolute atomic E-state index is 0.159. The number of ether oxygens (including phenoxy) is 1. The lowest BCUT2D eigenvalue weighted by Crippen LogP contribution is -2.51. The first-order valence-corrected chi connectivity index (χ1v) is 7.99. The molecule has 0 aromatic carbocycles. The highest BCUT2D eigenvalue weighted by molar-refractivity contribution is 5.72. The van der Waals surface area contributed by atoms with Crippen molar-refractivity contribution in [3.63, 3.8) is 0 Å². The lowest BCUT2D eigenvalue weighted by Gasteiger charge is -2.35. The average Bonchev–Trinajstić information content (AvgIpc) is 3.05. The molecule has 2 N–H and O–H groups in total. The van der Waals surface area contributed by atoms with Gasteiger partial charge < -0.3 is 15.2 Å². The third kappa shape index (κ3) is 2.71.